The number of carbonyl (C=O) groups excluding carboxylic acids is 1. The summed E-state index contributed by atoms with van der Waals surface area (Å²) in [6.07, 6.45) is 2.39. The average Bonchev–Trinajstić information content (AvgIpc) is 3.21. The zero-order valence-corrected chi connectivity index (χ0v) is 22.8. The summed E-state index contributed by atoms with van der Waals surface area (Å²) in [7, 11) is 3.49. The normalized spacial score (nSPS) is 20.6. The van der Waals surface area contributed by atoms with E-state index >= 15 is 0 Å². The van der Waals surface area contributed by atoms with Gasteiger partial charge in [-0.3, -0.25) is 4.99 Å². The van der Waals surface area contributed by atoms with Gasteiger partial charge in [0.25, 0.3) is 0 Å². The summed E-state index contributed by atoms with van der Waals surface area (Å²) in [6, 6.07) is 8.40. The molecule has 2 aliphatic heterocycles. The van der Waals surface area contributed by atoms with Crippen molar-refractivity contribution in [2.45, 2.75) is 57.1 Å². The summed E-state index contributed by atoms with van der Waals surface area (Å²) in [6.45, 7) is 9.42. The number of hydrogen-bond acceptors (Lipinski definition) is 5. The standard InChI is InChI=1S/C24H38N4O4.HI/c1-23(2,3)32-22(29)27-19-10-13-28(16-19)21(25-4)26-17-24(11-14-31-15-12-24)18-6-8-20(30-5)9-7-18;/h6-9,19H,10-17H2,1-5H3,(H,25,26)(H,27,29);1H. The Balaban J connectivity index is 0.00000385. The van der Waals surface area contributed by atoms with Gasteiger partial charge in [0.2, 0.25) is 0 Å². The molecule has 8 nitrogen and oxygen atoms in total. The number of nitrogens with zero attached hydrogens (tertiary/aromatic N) is 2. The number of aliphatic imine (C=N–C) groups is 1. The second-order valence-corrected chi connectivity index (χ2v) is 9.60. The molecule has 2 saturated heterocycles. The molecular formula is C24H39IN4O4. The molecule has 0 bridgehead atoms. The van der Waals surface area contributed by atoms with Crippen LogP contribution >= 0.6 is 24.0 Å². The van der Waals surface area contributed by atoms with E-state index in [4.69, 9.17) is 14.2 Å². The lowest BCUT2D eigenvalue weighted by Crippen LogP contribution is -2.49. The maximum atomic E-state index is 12.1. The molecule has 9 heteroatoms. The first kappa shape index (κ1) is 27.5. The zero-order chi connectivity index (χ0) is 23.2. The first-order chi connectivity index (χ1) is 15.2. The topological polar surface area (TPSA) is 84.4 Å². The zero-order valence-electron chi connectivity index (χ0n) is 20.5. The fraction of sp³-hybridized carbons (Fsp3) is 0.667. The van der Waals surface area contributed by atoms with Crippen LogP contribution < -0.4 is 15.4 Å². The van der Waals surface area contributed by atoms with Crippen molar-refractivity contribution in [2.24, 2.45) is 4.99 Å². The number of guanidine groups is 1. The minimum absolute atomic E-state index is 0. The maximum absolute atomic E-state index is 12.1. The fourth-order valence-corrected chi connectivity index (χ4v) is 4.40. The highest BCUT2D eigenvalue weighted by atomic mass is 127. The van der Waals surface area contributed by atoms with Crippen LogP contribution in [0.25, 0.3) is 0 Å². The molecule has 1 aromatic rings. The van der Waals surface area contributed by atoms with E-state index < -0.39 is 5.60 Å². The Morgan fingerprint density at radius 1 is 1.24 bits per heavy atom. The number of nitrogens with one attached hydrogen (secondary N) is 2. The molecule has 2 N–H and O–H groups in total. The highest BCUT2D eigenvalue weighted by molar-refractivity contribution is 14.0. The number of halogens is 1. The van der Waals surface area contributed by atoms with Crippen LogP contribution in [0.3, 0.4) is 0 Å². The number of benzene rings is 1. The Hall–Kier alpha value is -1.75. The van der Waals surface area contributed by atoms with Crippen molar-refractivity contribution in [1.29, 1.82) is 0 Å². The number of methoxy groups -OCH3 is 1. The van der Waals surface area contributed by atoms with Gasteiger partial charge in [-0.1, -0.05) is 12.1 Å². The Bertz CT molecular complexity index is 789. The van der Waals surface area contributed by atoms with Crippen LogP contribution in [0.15, 0.2) is 29.3 Å². The Morgan fingerprint density at radius 3 is 2.48 bits per heavy atom. The van der Waals surface area contributed by atoms with E-state index in [-0.39, 0.29) is 41.5 Å². The van der Waals surface area contributed by atoms with E-state index in [0.29, 0.717) is 6.54 Å². The highest BCUT2D eigenvalue weighted by Gasteiger charge is 2.36. The van der Waals surface area contributed by atoms with Crippen molar-refractivity contribution in [3.8, 4) is 5.75 Å². The van der Waals surface area contributed by atoms with Gasteiger partial charge >= 0.3 is 6.09 Å². The number of hydrogen-bond donors (Lipinski definition) is 2. The molecule has 2 heterocycles. The average molecular weight is 575 g/mol. The molecule has 33 heavy (non-hydrogen) atoms. The molecule has 1 aromatic carbocycles. The van der Waals surface area contributed by atoms with Crippen molar-refractivity contribution in [3.05, 3.63) is 29.8 Å². The molecule has 3 rings (SSSR count). The smallest absolute Gasteiger partial charge is 0.407 e. The van der Waals surface area contributed by atoms with Crippen molar-refractivity contribution in [1.82, 2.24) is 15.5 Å². The molecule has 1 unspecified atom stereocenters. The largest absolute Gasteiger partial charge is 0.497 e. The third kappa shape index (κ3) is 7.63. The lowest BCUT2D eigenvalue weighted by molar-refractivity contribution is 0.0507. The van der Waals surface area contributed by atoms with Gasteiger partial charge in [0.15, 0.2) is 5.96 Å². The van der Waals surface area contributed by atoms with Gasteiger partial charge in [-0.2, -0.15) is 0 Å². The third-order valence-corrected chi connectivity index (χ3v) is 6.16. The molecular weight excluding hydrogens is 535 g/mol. The highest BCUT2D eigenvalue weighted by Crippen LogP contribution is 2.35. The van der Waals surface area contributed by atoms with Crippen molar-refractivity contribution in [2.75, 3.05) is 47.0 Å². The summed E-state index contributed by atoms with van der Waals surface area (Å²) in [5.74, 6) is 1.72. The first-order valence-electron chi connectivity index (χ1n) is 11.4. The Labute approximate surface area is 214 Å². The second-order valence-electron chi connectivity index (χ2n) is 9.60. The Morgan fingerprint density at radius 2 is 1.91 bits per heavy atom. The minimum atomic E-state index is -0.501. The predicted octanol–water partition coefficient (Wildman–Crippen LogP) is 3.54. The summed E-state index contributed by atoms with van der Waals surface area (Å²) in [4.78, 5) is 18.8. The molecule has 0 spiro atoms. The molecule has 0 radical (unpaired) electrons. The molecule has 1 amide bonds. The van der Waals surface area contributed by atoms with E-state index in [1.165, 1.54) is 5.56 Å². The number of alkyl carbamates (subject to hydrolysis) is 1. The summed E-state index contributed by atoms with van der Waals surface area (Å²) in [5.41, 5.74) is 0.767. The van der Waals surface area contributed by atoms with E-state index in [9.17, 15) is 4.79 Å². The van der Waals surface area contributed by atoms with Crippen LogP contribution in [-0.2, 0) is 14.9 Å². The molecule has 2 fully saturated rings. The first-order valence-corrected chi connectivity index (χ1v) is 11.4. The molecule has 1 atom stereocenters. The summed E-state index contributed by atoms with van der Waals surface area (Å²) < 4.78 is 16.4. The second kappa shape index (κ2) is 12.1. The van der Waals surface area contributed by atoms with E-state index in [0.717, 1.165) is 57.3 Å². The van der Waals surface area contributed by atoms with Crippen LogP contribution in [0.2, 0.25) is 0 Å². The fourth-order valence-electron chi connectivity index (χ4n) is 4.40. The van der Waals surface area contributed by atoms with E-state index in [1.54, 1.807) is 14.2 Å². The lowest BCUT2D eigenvalue weighted by Gasteiger charge is -2.39. The van der Waals surface area contributed by atoms with E-state index in [1.807, 2.05) is 32.9 Å². The number of amides is 1. The van der Waals surface area contributed by atoms with Crippen molar-refractivity contribution >= 4 is 36.0 Å². The SMILES string of the molecule is CN=C(NCC1(c2ccc(OC)cc2)CCOCC1)N1CCC(NC(=O)OC(C)(C)C)C1.I. The van der Waals surface area contributed by atoms with Crippen LogP contribution in [0.5, 0.6) is 5.75 Å². The van der Waals surface area contributed by atoms with Gasteiger partial charge in [0.05, 0.1) is 13.2 Å². The van der Waals surface area contributed by atoms with Crippen molar-refractivity contribution < 1.29 is 19.0 Å². The van der Waals surface area contributed by atoms with Gasteiger partial charge in [-0.25, -0.2) is 4.79 Å². The lowest BCUT2D eigenvalue weighted by atomic mass is 9.74. The molecule has 0 aliphatic carbocycles. The van der Waals surface area contributed by atoms with E-state index in [2.05, 4.69) is 32.7 Å². The maximum Gasteiger partial charge on any atom is 0.407 e. The van der Waals surface area contributed by atoms with Crippen molar-refractivity contribution in [3.63, 3.8) is 0 Å². The Kier molecular flexibility index (Phi) is 10.1. The molecule has 0 saturated carbocycles. The molecule has 0 aromatic heterocycles. The van der Waals surface area contributed by atoms with Gasteiger partial charge in [0, 0.05) is 45.3 Å². The minimum Gasteiger partial charge on any atom is -0.497 e. The van der Waals surface area contributed by atoms with Gasteiger partial charge in [-0.05, 0) is 57.7 Å². The van der Waals surface area contributed by atoms with Crippen LogP contribution in [0.1, 0.15) is 45.6 Å². The number of carbonyl (C=O) groups is 1. The van der Waals surface area contributed by atoms with Gasteiger partial charge < -0.3 is 29.7 Å². The molecule has 186 valence electrons. The van der Waals surface area contributed by atoms with Crippen LogP contribution in [0.4, 0.5) is 4.79 Å². The predicted molar refractivity (Wildman–Crippen MR) is 141 cm³/mol. The summed E-state index contributed by atoms with van der Waals surface area (Å²) >= 11 is 0. The molecule has 2 aliphatic rings. The number of likely N-dealkylation sites (tertiary alicyclic amines) is 1. The quantitative estimate of drug-likeness (QED) is 0.318. The number of rotatable bonds is 5. The number of ether oxygens (including phenoxy) is 3. The summed E-state index contributed by atoms with van der Waals surface area (Å²) in [5, 5.41) is 6.59. The third-order valence-electron chi connectivity index (χ3n) is 6.16. The van der Waals surface area contributed by atoms with Gasteiger partial charge in [0.1, 0.15) is 11.4 Å². The monoisotopic (exact) mass is 574 g/mol. The van der Waals surface area contributed by atoms with Gasteiger partial charge in [-0.15, -0.1) is 24.0 Å². The van der Waals surface area contributed by atoms with Crippen LogP contribution in [-0.4, -0.2) is 75.6 Å². The van der Waals surface area contributed by atoms with Crippen LogP contribution in [0, 0.1) is 0 Å².